The lowest BCUT2D eigenvalue weighted by atomic mass is 10.1. The van der Waals surface area contributed by atoms with Gasteiger partial charge in [0.15, 0.2) is 0 Å². The standard InChI is InChI=1S/C21H15Cl2N3O2S/c1-12-16(20(23)26(25-12)15-6-4-5-14(22)11-15)9-13(10-19(27)28)21-24-17-7-2-3-8-18(17)29-21/h2-9,11H,10H2,1H3,(H,27,28). The maximum Gasteiger partial charge on any atom is 0.307 e. The number of para-hydroxylation sites is 1. The van der Waals surface area contributed by atoms with Crippen molar-refractivity contribution in [2.24, 2.45) is 0 Å². The number of aliphatic carboxylic acids is 1. The first-order valence-corrected chi connectivity index (χ1v) is 10.3. The quantitative estimate of drug-likeness (QED) is 0.403. The number of aryl methyl sites for hydroxylation is 1. The largest absolute Gasteiger partial charge is 0.481 e. The average Bonchev–Trinajstić information content (AvgIpc) is 3.23. The number of aromatic nitrogens is 3. The van der Waals surface area contributed by atoms with Crippen molar-refractivity contribution in [1.82, 2.24) is 14.8 Å². The Morgan fingerprint density at radius 2 is 2.00 bits per heavy atom. The third-order valence-corrected chi connectivity index (χ3v) is 6.04. The molecule has 4 aromatic rings. The summed E-state index contributed by atoms with van der Waals surface area (Å²) >= 11 is 14.2. The molecule has 0 aliphatic heterocycles. The first-order chi connectivity index (χ1) is 13.9. The third kappa shape index (κ3) is 4.05. The number of nitrogens with zero attached hydrogens (tertiary/aromatic N) is 3. The van der Waals surface area contributed by atoms with E-state index in [4.69, 9.17) is 23.2 Å². The fourth-order valence-corrected chi connectivity index (χ4v) is 4.48. The van der Waals surface area contributed by atoms with E-state index in [1.807, 2.05) is 43.3 Å². The predicted molar refractivity (Wildman–Crippen MR) is 118 cm³/mol. The summed E-state index contributed by atoms with van der Waals surface area (Å²) in [7, 11) is 0. The van der Waals surface area contributed by atoms with Gasteiger partial charge in [-0.2, -0.15) is 5.10 Å². The van der Waals surface area contributed by atoms with Crippen molar-refractivity contribution in [3.05, 3.63) is 75.0 Å². The molecule has 0 fully saturated rings. The molecule has 2 heterocycles. The summed E-state index contributed by atoms with van der Waals surface area (Å²) in [5, 5.41) is 15.5. The molecule has 8 heteroatoms. The van der Waals surface area contributed by atoms with Gasteiger partial charge in [-0.05, 0) is 48.9 Å². The van der Waals surface area contributed by atoms with Crippen LogP contribution in [0.15, 0.2) is 48.5 Å². The zero-order valence-electron chi connectivity index (χ0n) is 15.3. The summed E-state index contributed by atoms with van der Waals surface area (Å²) in [5.41, 5.74) is 3.47. The van der Waals surface area contributed by atoms with Crippen molar-refractivity contribution < 1.29 is 9.90 Å². The number of carboxylic acid groups (broad SMARTS) is 1. The van der Waals surface area contributed by atoms with Gasteiger partial charge in [-0.15, -0.1) is 11.3 Å². The van der Waals surface area contributed by atoms with Gasteiger partial charge in [-0.1, -0.05) is 41.4 Å². The summed E-state index contributed by atoms with van der Waals surface area (Å²) in [6.07, 6.45) is 1.59. The Kier molecular flexibility index (Phi) is 5.41. The van der Waals surface area contributed by atoms with Crippen molar-refractivity contribution in [3.63, 3.8) is 0 Å². The van der Waals surface area contributed by atoms with Crippen molar-refractivity contribution in [3.8, 4) is 5.69 Å². The van der Waals surface area contributed by atoms with E-state index in [1.165, 1.54) is 11.3 Å². The molecule has 0 aliphatic rings. The second-order valence-electron chi connectivity index (χ2n) is 6.41. The van der Waals surface area contributed by atoms with Gasteiger partial charge in [-0.3, -0.25) is 4.79 Å². The lowest BCUT2D eigenvalue weighted by Crippen LogP contribution is -1.97. The average molecular weight is 444 g/mol. The van der Waals surface area contributed by atoms with Gasteiger partial charge in [0, 0.05) is 10.6 Å². The number of fused-ring (bicyclic) bond motifs is 1. The molecule has 4 rings (SSSR count). The van der Waals surface area contributed by atoms with Crippen molar-refractivity contribution in [2.75, 3.05) is 0 Å². The molecule has 29 heavy (non-hydrogen) atoms. The molecule has 0 saturated carbocycles. The van der Waals surface area contributed by atoms with Crippen LogP contribution in [-0.4, -0.2) is 25.8 Å². The molecular formula is C21H15Cl2N3O2S. The zero-order valence-corrected chi connectivity index (χ0v) is 17.6. The van der Waals surface area contributed by atoms with Gasteiger partial charge < -0.3 is 5.11 Å². The molecule has 0 unspecified atom stereocenters. The van der Waals surface area contributed by atoms with Crippen LogP contribution < -0.4 is 0 Å². The van der Waals surface area contributed by atoms with Crippen LogP contribution in [0, 0.1) is 6.92 Å². The van der Waals surface area contributed by atoms with Crippen LogP contribution in [0.1, 0.15) is 22.7 Å². The van der Waals surface area contributed by atoms with Gasteiger partial charge in [0.1, 0.15) is 10.2 Å². The van der Waals surface area contributed by atoms with Crippen molar-refractivity contribution in [1.29, 1.82) is 0 Å². The minimum absolute atomic E-state index is 0.169. The monoisotopic (exact) mass is 443 g/mol. The first kappa shape index (κ1) is 19.6. The molecule has 146 valence electrons. The molecule has 0 amide bonds. The normalized spacial score (nSPS) is 11.9. The van der Waals surface area contributed by atoms with Crippen LogP contribution in [0.5, 0.6) is 0 Å². The molecule has 1 N–H and O–H groups in total. The maximum atomic E-state index is 11.5. The van der Waals surface area contributed by atoms with E-state index in [9.17, 15) is 9.90 Å². The Balaban J connectivity index is 1.83. The highest BCUT2D eigenvalue weighted by Gasteiger charge is 2.18. The highest BCUT2D eigenvalue weighted by atomic mass is 35.5. The Labute approximate surface area is 180 Å². The van der Waals surface area contributed by atoms with Crippen molar-refractivity contribution >= 4 is 62.4 Å². The minimum Gasteiger partial charge on any atom is -0.481 e. The first-order valence-electron chi connectivity index (χ1n) is 8.72. The summed E-state index contributed by atoms with van der Waals surface area (Å²) in [4.78, 5) is 16.1. The SMILES string of the molecule is Cc1nn(-c2cccc(Cl)c2)c(Cl)c1C=C(CC(=O)O)c1nc2ccccc2s1. The Hall–Kier alpha value is -2.67. The summed E-state index contributed by atoms with van der Waals surface area (Å²) in [6, 6.07) is 14.9. The van der Waals surface area contributed by atoms with Gasteiger partial charge in [0.05, 0.1) is 28.0 Å². The fourth-order valence-electron chi connectivity index (χ4n) is 2.99. The Bertz CT molecular complexity index is 1230. The van der Waals surface area contributed by atoms with E-state index >= 15 is 0 Å². The number of hydrogen-bond donors (Lipinski definition) is 1. The molecule has 0 saturated heterocycles. The lowest BCUT2D eigenvalue weighted by molar-refractivity contribution is -0.135. The van der Waals surface area contributed by atoms with E-state index in [2.05, 4.69) is 10.1 Å². The van der Waals surface area contributed by atoms with Gasteiger partial charge in [0.2, 0.25) is 0 Å². The second kappa shape index (κ2) is 7.99. The van der Waals surface area contributed by atoms with Crippen LogP contribution >= 0.6 is 34.5 Å². The zero-order chi connectivity index (χ0) is 20.5. The number of carbonyl (C=O) groups is 1. The molecule has 0 radical (unpaired) electrons. The van der Waals surface area contributed by atoms with Crippen LogP contribution in [0.25, 0.3) is 27.6 Å². The fraction of sp³-hybridized carbons (Fsp3) is 0.0952. The minimum atomic E-state index is -0.938. The van der Waals surface area contributed by atoms with Crippen LogP contribution in [0.4, 0.5) is 0 Å². The van der Waals surface area contributed by atoms with E-state index in [0.717, 1.165) is 15.9 Å². The lowest BCUT2D eigenvalue weighted by Gasteiger charge is -2.04. The summed E-state index contributed by atoms with van der Waals surface area (Å²) in [5.74, 6) is -0.938. The maximum absolute atomic E-state index is 11.5. The van der Waals surface area contributed by atoms with Gasteiger partial charge in [-0.25, -0.2) is 9.67 Å². The van der Waals surface area contributed by atoms with E-state index in [0.29, 0.717) is 32.0 Å². The molecule has 2 aromatic carbocycles. The summed E-state index contributed by atoms with van der Waals surface area (Å²) < 4.78 is 2.59. The van der Waals surface area contributed by atoms with Crippen LogP contribution in [-0.2, 0) is 4.79 Å². The predicted octanol–water partition coefficient (Wildman–Crippen LogP) is 6.11. The molecule has 0 aliphatic carbocycles. The number of rotatable bonds is 5. The summed E-state index contributed by atoms with van der Waals surface area (Å²) in [6.45, 7) is 1.83. The molecule has 2 aromatic heterocycles. The highest BCUT2D eigenvalue weighted by molar-refractivity contribution is 7.19. The number of thiazole rings is 1. The Morgan fingerprint density at radius 3 is 2.72 bits per heavy atom. The molecule has 0 atom stereocenters. The topological polar surface area (TPSA) is 68.0 Å². The van der Waals surface area contributed by atoms with Gasteiger partial charge >= 0.3 is 5.97 Å². The Morgan fingerprint density at radius 1 is 1.21 bits per heavy atom. The highest BCUT2D eigenvalue weighted by Crippen LogP contribution is 2.33. The van der Waals surface area contributed by atoms with E-state index in [1.54, 1.807) is 22.9 Å². The molecule has 0 bridgehead atoms. The number of carboxylic acids is 1. The molecule has 5 nitrogen and oxygen atoms in total. The number of halogens is 2. The second-order valence-corrected chi connectivity index (χ2v) is 8.23. The van der Waals surface area contributed by atoms with Gasteiger partial charge in [0.25, 0.3) is 0 Å². The van der Waals surface area contributed by atoms with E-state index in [-0.39, 0.29) is 6.42 Å². The van der Waals surface area contributed by atoms with Crippen molar-refractivity contribution in [2.45, 2.75) is 13.3 Å². The number of benzene rings is 2. The smallest absolute Gasteiger partial charge is 0.307 e. The van der Waals surface area contributed by atoms with Crippen LogP contribution in [0.2, 0.25) is 10.2 Å². The van der Waals surface area contributed by atoms with Crippen LogP contribution in [0.3, 0.4) is 0 Å². The molecule has 0 spiro atoms. The molecular weight excluding hydrogens is 429 g/mol. The van der Waals surface area contributed by atoms with E-state index < -0.39 is 5.97 Å². The number of hydrogen-bond acceptors (Lipinski definition) is 4. The third-order valence-electron chi connectivity index (χ3n) is 4.33.